The molecule has 0 N–H and O–H groups in total. The van der Waals surface area contributed by atoms with Crippen LogP contribution in [0.3, 0.4) is 0 Å². The van der Waals surface area contributed by atoms with Gasteiger partial charge in [0.25, 0.3) is 5.91 Å². The molecule has 0 spiro atoms. The first-order chi connectivity index (χ1) is 15.4. The van der Waals surface area contributed by atoms with E-state index in [1.807, 2.05) is 32.0 Å². The molecule has 5 nitrogen and oxygen atoms in total. The number of para-hydroxylation sites is 1. The van der Waals surface area contributed by atoms with Crippen molar-refractivity contribution in [3.8, 4) is 0 Å². The second-order valence-electron chi connectivity index (χ2n) is 8.10. The second-order valence-corrected chi connectivity index (χ2v) is 8.50. The third-order valence-electron chi connectivity index (χ3n) is 6.01. The number of hydrogen-bond acceptors (Lipinski definition) is 4. The normalized spacial score (nSPS) is 22.6. The van der Waals surface area contributed by atoms with Crippen LogP contribution in [0.1, 0.15) is 22.7 Å². The van der Waals surface area contributed by atoms with Gasteiger partial charge in [-0.05, 0) is 49.7 Å². The quantitative estimate of drug-likeness (QED) is 0.518. The van der Waals surface area contributed by atoms with Gasteiger partial charge in [-0.3, -0.25) is 14.4 Å². The smallest absolute Gasteiger partial charge is 0.266 e. The Morgan fingerprint density at radius 3 is 2.38 bits per heavy atom. The number of amides is 2. The van der Waals surface area contributed by atoms with E-state index in [2.05, 4.69) is 0 Å². The number of carbonyl (C=O) groups excluding carboxylic acids is 2. The predicted molar refractivity (Wildman–Crippen MR) is 120 cm³/mol. The van der Waals surface area contributed by atoms with Gasteiger partial charge in [0.05, 0.1) is 11.4 Å². The van der Waals surface area contributed by atoms with Crippen LogP contribution in [0.15, 0.2) is 66.7 Å². The molecule has 32 heavy (non-hydrogen) atoms. The van der Waals surface area contributed by atoms with Crippen LogP contribution < -0.4 is 9.96 Å². The maximum atomic E-state index is 15.0. The number of hydrogen-bond donors (Lipinski definition) is 0. The van der Waals surface area contributed by atoms with Gasteiger partial charge < -0.3 is 0 Å². The minimum atomic E-state index is -1.08. The van der Waals surface area contributed by atoms with Gasteiger partial charge in [0.1, 0.15) is 17.8 Å². The van der Waals surface area contributed by atoms with Crippen molar-refractivity contribution in [3.05, 3.63) is 94.3 Å². The molecule has 3 atom stereocenters. The number of carbonyl (C=O) groups is 2. The minimum absolute atomic E-state index is 0.133. The van der Waals surface area contributed by atoms with E-state index in [1.165, 1.54) is 17.2 Å². The van der Waals surface area contributed by atoms with Crippen molar-refractivity contribution in [1.82, 2.24) is 0 Å². The number of benzene rings is 3. The van der Waals surface area contributed by atoms with Crippen molar-refractivity contribution in [2.75, 3.05) is 9.96 Å². The summed E-state index contributed by atoms with van der Waals surface area (Å²) in [6.07, 6.45) is -1.08. The van der Waals surface area contributed by atoms with E-state index >= 15 is 4.39 Å². The van der Waals surface area contributed by atoms with Gasteiger partial charge in [-0.15, -0.1) is 0 Å². The van der Waals surface area contributed by atoms with Crippen LogP contribution in [-0.4, -0.2) is 17.9 Å². The molecule has 2 saturated heterocycles. The van der Waals surface area contributed by atoms with Gasteiger partial charge in [-0.25, -0.2) is 14.4 Å². The molecular formula is C25H20ClFN2O3. The maximum absolute atomic E-state index is 15.0. The molecule has 7 heteroatoms. The summed E-state index contributed by atoms with van der Waals surface area (Å²) in [5.41, 5.74) is 3.06. The van der Waals surface area contributed by atoms with Gasteiger partial charge >= 0.3 is 0 Å². The standard InChI is InChI=1S/C25H20ClFN2O3/c1-14-11-12-19(15(2)13-14)28-24(30)21-22(20-17(26)9-6-10-18(20)27)29(32-23(21)25(28)31)16-7-4-3-5-8-16/h3-13,21-23H,1-2H3/t21-,22-,23+/m1/s1. The summed E-state index contributed by atoms with van der Waals surface area (Å²) in [7, 11) is 0. The van der Waals surface area contributed by atoms with Crippen LogP contribution >= 0.6 is 11.6 Å². The summed E-state index contributed by atoms with van der Waals surface area (Å²) in [6.45, 7) is 3.79. The third-order valence-corrected chi connectivity index (χ3v) is 6.34. The van der Waals surface area contributed by atoms with Gasteiger partial charge in [0.2, 0.25) is 5.91 Å². The Morgan fingerprint density at radius 1 is 0.938 bits per heavy atom. The SMILES string of the molecule is Cc1ccc(N2C(=O)[C@H]3[C@H](ON(c4ccccc4)[C@@H]3c3c(F)cccc3Cl)C2=O)c(C)c1. The highest BCUT2D eigenvalue weighted by atomic mass is 35.5. The molecule has 2 fully saturated rings. The van der Waals surface area contributed by atoms with Gasteiger partial charge in [-0.2, -0.15) is 0 Å². The topological polar surface area (TPSA) is 49.9 Å². The zero-order valence-corrected chi connectivity index (χ0v) is 18.2. The van der Waals surface area contributed by atoms with E-state index in [0.29, 0.717) is 11.4 Å². The lowest BCUT2D eigenvalue weighted by Gasteiger charge is -2.29. The molecule has 0 radical (unpaired) electrons. The lowest BCUT2D eigenvalue weighted by Crippen LogP contribution is -2.38. The Labute approximate surface area is 189 Å². The average molecular weight is 451 g/mol. The van der Waals surface area contributed by atoms with E-state index < -0.39 is 35.7 Å². The predicted octanol–water partition coefficient (Wildman–Crippen LogP) is 5.15. The van der Waals surface area contributed by atoms with E-state index in [0.717, 1.165) is 16.0 Å². The van der Waals surface area contributed by atoms with E-state index in [9.17, 15) is 9.59 Å². The number of nitrogens with zero attached hydrogens (tertiary/aromatic N) is 2. The van der Waals surface area contributed by atoms with Crippen molar-refractivity contribution in [3.63, 3.8) is 0 Å². The van der Waals surface area contributed by atoms with Crippen molar-refractivity contribution in [2.24, 2.45) is 5.92 Å². The molecule has 0 bridgehead atoms. The minimum Gasteiger partial charge on any atom is -0.273 e. The van der Waals surface area contributed by atoms with Crippen molar-refractivity contribution in [2.45, 2.75) is 26.0 Å². The van der Waals surface area contributed by atoms with Crippen LogP contribution in [0.5, 0.6) is 0 Å². The molecule has 0 aliphatic carbocycles. The van der Waals surface area contributed by atoms with E-state index in [4.69, 9.17) is 16.4 Å². The van der Waals surface area contributed by atoms with Crippen LogP contribution in [0.2, 0.25) is 5.02 Å². The molecule has 0 aromatic heterocycles. The Hall–Kier alpha value is -3.22. The molecule has 0 unspecified atom stereocenters. The fourth-order valence-corrected chi connectivity index (χ4v) is 4.87. The molecule has 162 valence electrons. The van der Waals surface area contributed by atoms with Crippen molar-refractivity contribution >= 4 is 34.8 Å². The molecule has 0 saturated carbocycles. The summed E-state index contributed by atoms with van der Waals surface area (Å²) in [5.74, 6) is -2.41. The molecule has 3 aromatic rings. The second kappa shape index (κ2) is 7.73. The summed E-state index contributed by atoms with van der Waals surface area (Å²) in [4.78, 5) is 34.2. The first kappa shape index (κ1) is 20.7. The van der Waals surface area contributed by atoms with Crippen LogP contribution in [0.25, 0.3) is 0 Å². The van der Waals surface area contributed by atoms with Gasteiger partial charge in [0.15, 0.2) is 6.10 Å². The van der Waals surface area contributed by atoms with Crippen molar-refractivity contribution < 1.29 is 18.8 Å². The lowest BCUT2D eigenvalue weighted by atomic mass is 9.90. The van der Waals surface area contributed by atoms with E-state index in [-0.39, 0.29) is 10.6 Å². The Morgan fingerprint density at radius 2 is 1.69 bits per heavy atom. The maximum Gasteiger partial charge on any atom is 0.266 e. The molecule has 5 rings (SSSR count). The first-order valence-corrected chi connectivity index (χ1v) is 10.7. The summed E-state index contributed by atoms with van der Waals surface area (Å²) in [6, 6.07) is 18.0. The van der Waals surface area contributed by atoms with Gasteiger partial charge in [-0.1, -0.05) is 53.6 Å². The molecule has 2 aliphatic rings. The van der Waals surface area contributed by atoms with Crippen LogP contribution in [-0.2, 0) is 14.4 Å². The monoisotopic (exact) mass is 450 g/mol. The number of halogens is 2. The molecule has 2 heterocycles. The Kier molecular flexibility index (Phi) is 4.99. The highest BCUT2D eigenvalue weighted by Crippen LogP contribution is 2.49. The van der Waals surface area contributed by atoms with Gasteiger partial charge in [0, 0.05) is 10.6 Å². The van der Waals surface area contributed by atoms with Crippen LogP contribution in [0.4, 0.5) is 15.8 Å². The highest BCUT2D eigenvalue weighted by Gasteiger charge is 2.61. The number of rotatable bonds is 3. The number of aryl methyl sites for hydroxylation is 2. The van der Waals surface area contributed by atoms with Crippen molar-refractivity contribution in [1.29, 1.82) is 0 Å². The fraction of sp³-hybridized carbons (Fsp3) is 0.200. The number of imide groups is 1. The number of fused-ring (bicyclic) bond motifs is 1. The summed E-state index contributed by atoms with van der Waals surface area (Å²) >= 11 is 6.40. The zero-order chi connectivity index (χ0) is 22.6. The van der Waals surface area contributed by atoms with E-state index in [1.54, 1.807) is 36.4 Å². The Bertz CT molecular complexity index is 1210. The number of hydroxylamine groups is 1. The number of anilines is 2. The summed E-state index contributed by atoms with van der Waals surface area (Å²) in [5, 5.41) is 1.61. The average Bonchev–Trinajstić information content (AvgIpc) is 3.26. The summed E-state index contributed by atoms with van der Waals surface area (Å²) < 4.78 is 15.0. The Balaban J connectivity index is 1.64. The highest BCUT2D eigenvalue weighted by molar-refractivity contribution is 6.31. The zero-order valence-electron chi connectivity index (χ0n) is 17.5. The molecular weight excluding hydrogens is 431 g/mol. The largest absolute Gasteiger partial charge is 0.273 e. The molecule has 3 aromatic carbocycles. The first-order valence-electron chi connectivity index (χ1n) is 10.3. The molecule has 2 aliphatic heterocycles. The third kappa shape index (κ3) is 3.10. The fourth-order valence-electron chi connectivity index (χ4n) is 4.59. The lowest BCUT2D eigenvalue weighted by molar-refractivity contribution is -0.126. The molecule has 2 amide bonds. The van der Waals surface area contributed by atoms with Crippen LogP contribution in [0, 0.1) is 25.6 Å².